The highest BCUT2D eigenvalue weighted by Gasteiger charge is 2.19. The van der Waals surface area contributed by atoms with E-state index in [1.165, 1.54) is 31.8 Å². The fourth-order valence-electron chi connectivity index (χ4n) is 2.36. The molecule has 0 bridgehead atoms. The quantitative estimate of drug-likeness (QED) is 0.523. The minimum Gasteiger partial charge on any atom is -0.380 e. The molecule has 1 rings (SSSR count). The monoisotopic (exact) mass is 276 g/mol. The average Bonchev–Trinajstić information content (AvgIpc) is 2.30. The molecule has 18 heavy (non-hydrogen) atoms. The molecule has 4 heteroatoms. The van der Waals surface area contributed by atoms with Crippen LogP contribution in [-0.4, -0.2) is 62.2 Å². The van der Waals surface area contributed by atoms with Gasteiger partial charge in [-0.3, -0.25) is 4.90 Å². The molecule has 0 aromatic heterocycles. The van der Waals surface area contributed by atoms with Crippen LogP contribution in [0.15, 0.2) is 0 Å². The van der Waals surface area contributed by atoms with Crippen molar-refractivity contribution in [2.75, 3.05) is 51.2 Å². The molecule has 1 aliphatic rings. The first kappa shape index (κ1) is 16.3. The van der Waals surface area contributed by atoms with Crippen molar-refractivity contribution in [3.05, 3.63) is 0 Å². The Bertz CT molecular complexity index is 204. The average molecular weight is 276 g/mol. The van der Waals surface area contributed by atoms with Gasteiger partial charge in [0.05, 0.1) is 6.61 Å². The van der Waals surface area contributed by atoms with Gasteiger partial charge in [-0.2, -0.15) is 0 Å². The largest absolute Gasteiger partial charge is 0.380 e. The third-order valence-corrected chi connectivity index (χ3v) is 4.31. The second kappa shape index (κ2) is 9.18. The minimum atomic E-state index is 0.227. The molecule has 1 aliphatic heterocycles. The molecule has 1 heterocycles. The van der Waals surface area contributed by atoms with E-state index in [0.717, 1.165) is 25.7 Å². The SMILES string of the molecule is CC(C)NCCOCC1CCN(C[SH](C)C)CC1. The lowest BCUT2D eigenvalue weighted by Crippen LogP contribution is -2.36. The van der Waals surface area contributed by atoms with Crippen LogP contribution in [0, 0.1) is 5.92 Å². The van der Waals surface area contributed by atoms with Gasteiger partial charge in [0.2, 0.25) is 0 Å². The van der Waals surface area contributed by atoms with Gasteiger partial charge < -0.3 is 10.1 Å². The van der Waals surface area contributed by atoms with Gasteiger partial charge in [-0.1, -0.05) is 13.8 Å². The fraction of sp³-hybridized carbons (Fsp3) is 1.00. The second-order valence-electron chi connectivity index (χ2n) is 5.97. The standard InChI is InChI=1S/C14H32N2OS/c1-13(2)15-7-10-17-11-14-5-8-16(9-6-14)12-18(3)4/h13-15,18H,5-12H2,1-4H3. The van der Waals surface area contributed by atoms with Crippen molar-refractivity contribution in [3.8, 4) is 0 Å². The summed E-state index contributed by atoms with van der Waals surface area (Å²) in [4.78, 5) is 2.63. The first-order valence-corrected chi connectivity index (χ1v) is 9.68. The Morgan fingerprint density at radius 3 is 2.50 bits per heavy atom. The Hall–Kier alpha value is 0.230. The molecule has 0 aliphatic carbocycles. The summed E-state index contributed by atoms with van der Waals surface area (Å²) in [7, 11) is 0.227. The predicted molar refractivity (Wildman–Crippen MR) is 84.0 cm³/mol. The van der Waals surface area contributed by atoms with Crippen molar-refractivity contribution in [3.63, 3.8) is 0 Å². The molecule has 0 spiro atoms. The lowest BCUT2D eigenvalue weighted by atomic mass is 9.98. The van der Waals surface area contributed by atoms with Crippen LogP contribution in [0.2, 0.25) is 0 Å². The van der Waals surface area contributed by atoms with Gasteiger partial charge in [0.25, 0.3) is 0 Å². The third kappa shape index (κ3) is 7.62. The van der Waals surface area contributed by atoms with Gasteiger partial charge in [0.1, 0.15) is 0 Å². The Labute approximate surface area is 116 Å². The highest BCUT2D eigenvalue weighted by atomic mass is 32.2. The highest BCUT2D eigenvalue weighted by molar-refractivity contribution is 8.15. The molecule has 0 aromatic rings. The topological polar surface area (TPSA) is 24.5 Å². The second-order valence-corrected chi connectivity index (χ2v) is 8.41. The number of thiol groups is 1. The van der Waals surface area contributed by atoms with Crippen LogP contribution in [-0.2, 0) is 4.74 Å². The molecule has 110 valence electrons. The number of ether oxygens (including phenoxy) is 1. The van der Waals surface area contributed by atoms with E-state index in [2.05, 4.69) is 36.6 Å². The maximum Gasteiger partial charge on any atom is 0.0591 e. The number of piperidine rings is 1. The van der Waals surface area contributed by atoms with Crippen LogP contribution in [0.5, 0.6) is 0 Å². The molecule has 0 unspecified atom stereocenters. The summed E-state index contributed by atoms with van der Waals surface area (Å²) < 4.78 is 5.76. The molecule has 0 aromatic carbocycles. The van der Waals surface area contributed by atoms with Gasteiger partial charge in [0.15, 0.2) is 0 Å². The maximum absolute atomic E-state index is 5.76. The summed E-state index contributed by atoms with van der Waals surface area (Å²) >= 11 is 0. The molecule has 0 atom stereocenters. The number of rotatable bonds is 8. The van der Waals surface area contributed by atoms with Gasteiger partial charge in [-0.25, -0.2) is 10.9 Å². The van der Waals surface area contributed by atoms with Crippen LogP contribution in [0.25, 0.3) is 0 Å². The lowest BCUT2D eigenvalue weighted by Gasteiger charge is -2.33. The zero-order valence-corrected chi connectivity index (χ0v) is 13.5. The summed E-state index contributed by atoms with van der Waals surface area (Å²) in [5.74, 6) is 2.11. The minimum absolute atomic E-state index is 0.227. The summed E-state index contributed by atoms with van der Waals surface area (Å²) in [6, 6.07) is 0.565. The van der Waals surface area contributed by atoms with Gasteiger partial charge in [-0.05, 0) is 44.4 Å². The van der Waals surface area contributed by atoms with E-state index in [9.17, 15) is 0 Å². The Morgan fingerprint density at radius 1 is 1.28 bits per heavy atom. The first-order valence-electron chi connectivity index (χ1n) is 7.26. The highest BCUT2D eigenvalue weighted by Crippen LogP contribution is 2.22. The smallest absolute Gasteiger partial charge is 0.0591 e. The zero-order chi connectivity index (χ0) is 13.4. The van der Waals surface area contributed by atoms with E-state index < -0.39 is 0 Å². The van der Waals surface area contributed by atoms with E-state index >= 15 is 0 Å². The number of hydrogen-bond acceptors (Lipinski definition) is 3. The molecule has 1 saturated heterocycles. The summed E-state index contributed by atoms with van der Waals surface area (Å²) in [6.07, 6.45) is 7.38. The molecular formula is C14H32N2OS. The maximum atomic E-state index is 5.76. The van der Waals surface area contributed by atoms with Crippen LogP contribution in [0.3, 0.4) is 0 Å². The van der Waals surface area contributed by atoms with Crippen molar-refractivity contribution in [1.82, 2.24) is 10.2 Å². The van der Waals surface area contributed by atoms with Gasteiger partial charge in [0, 0.05) is 25.1 Å². The van der Waals surface area contributed by atoms with E-state index in [0.29, 0.717) is 6.04 Å². The van der Waals surface area contributed by atoms with Gasteiger partial charge in [-0.15, -0.1) is 0 Å². The van der Waals surface area contributed by atoms with E-state index in [1.54, 1.807) is 0 Å². The molecule has 0 amide bonds. The Morgan fingerprint density at radius 2 is 1.94 bits per heavy atom. The van der Waals surface area contributed by atoms with Crippen molar-refractivity contribution in [2.24, 2.45) is 5.92 Å². The van der Waals surface area contributed by atoms with Crippen LogP contribution >= 0.6 is 10.9 Å². The summed E-state index contributed by atoms with van der Waals surface area (Å²) in [6.45, 7) is 9.69. The molecule has 0 saturated carbocycles. The van der Waals surface area contributed by atoms with E-state index in [-0.39, 0.29) is 10.9 Å². The van der Waals surface area contributed by atoms with Gasteiger partial charge >= 0.3 is 0 Å². The number of hydrogen-bond donors (Lipinski definition) is 2. The van der Waals surface area contributed by atoms with Crippen LogP contribution < -0.4 is 5.32 Å². The van der Waals surface area contributed by atoms with Crippen LogP contribution in [0.1, 0.15) is 26.7 Å². The molecule has 1 fully saturated rings. The van der Waals surface area contributed by atoms with Crippen molar-refractivity contribution < 1.29 is 4.74 Å². The fourth-order valence-corrected chi connectivity index (χ4v) is 3.45. The lowest BCUT2D eigenvalue weighted by molar-refractivity contribution is 0.0719. The Kier molecular flexibility index (Phi) is 8.31. The number of nitrogens with zero attached hydrogens (tertiary/aromatic N) is 1. The normalized spacial score (nSPS) is 19.5. The van der Waals surface area contributed by atoms with E-state index in [4.69, 9.17) is 4.74 Å². The molecule has 3 nitrogen and oxygen atoms in total. The third-order valence-electron chi connectivity index (χ3n) is 3.34. The van der Waals surface area contributed by atoms with Crippen molar-refractivity contribution in [2.45, 2.75) is 32.7 Å². The first-order chi connectivity index (χ1) is 8.58. The van der Waals surface area contributed by atoms with Crippen molar-refractivity contribution >= 4 is 10.9 Å². The van der Waals surface area contributed by atoms with Crippen molar-refractivity contribution in [1.29, 1.82) is 0 Å². The van der Waals surface area contributed by atoms with Crippen LogP contribution in [0.4, 0.5) is 0 Å². The Balaban J connectivity index is 1.98. The predicted octanol–water partition coefficient (Wildman–Crippen LogP) is 1.93. The molecule has 1 N–H and O–H groups in total. The summed E-state index contributed by atoms with van der Waals surface area (Å²) in [5.41, 5.74) is 0. The number of likely N-dealkylation sites (tertiary alicyclic amines) is 1. The molecular weight excluding hydrogens is 244 g/mol. The number of nitrogens with one attached hydrogen (secondary N) is 1. The van der Waals surface area contributed by atoms with E-state index in [1.807, 2.05) is 0 Å². The summed E-state index contributed by atoms with van der Waals surface area (Å²) in [5, 5.41) is 3.38. The molecule has 0 radical (unpaired) electrons. The zero-order valence-electron chi connectivity index (χ0n) is 12.6.